The van der Waals surface area contributed by atoms with Crippen LogP contribution in [-0.4, -0.2) is 41.7 Å². The zero-order valence-electron chi connectivity index (χ0n) is 20.3. The van der Waals surface area contributed by atoms with Crippen molar-refractivity contribution in [1.82, 2.24) is 9.88 Å². The van der Waals surface area contributed by atoms with Crippen molar-refractivity contribution in [3.05, 3.63) is 60.2 Å². The quantitative estimate of drug-likeness (QED) is 0.272. The molecule has 5 heteroatoms. The molecule has 180 valence electrons. The number of fused-ring (bicyclic) bond motifs is 1. The Kier molecular flexibility index (Phi) is 11.7. The zero-order chi connectivity index (χ0) is 22.8. The first-order valence-corrected chi connectivity index (χ1v) is 12.1. The summed E-state index contributed by atoms with van der Waals surface area (Å²) in [5, 5.41) is 12.4. The zero-order valence-corrected chi connectivity index (χ0v) is 21.1. The fraction of sp³-hybridized carbons (Fsp3) is 0.464. The fourth-order valence-electron chi connectivity index (χ4n) is 4.20. The summed E-state index contributed by atoms with van der Waals surface area (Å²) in [7, 11) is 1.67. The summed E-state index contributed by atoms with van der Waals surface area (Å²) >= 11 is 0. The second kappa shape index (κ2) is 14.2. The lowest BCUT2D eigenvalue weighted by atomic mass is 9.99. The van der Waals surface area contributed by atoms with E-state index in [0.29, 0.717) is 6.54 Å². The van der Waals surface area contributed by atoms with Crippen molar-refractivity contribution in [3.8, 4) is 17.0 Å². The first-order valence-electron chi connectivity index (χ1n) is 12.1. The molecule has 2 aromatic carbocycles. The predicted octanol–water partition coefficient (Wildman–Crippen LogP) is 7.05. The molecule has 0 amide bonds. The third-order valence-corrected chi connectivity index (χ3v) is 6.06. The van der Waals surface area contributed by atoms with Crippen LogP contribution in [0.4, 0.5) is 0 Å². The van der Waals surface area contributed by atoms with Crippen LogP contribution in [0.25, 0.3) is 22.2 Å². The number of pyridine rings is 1. The molecule has 1 unspecified atom stereocenters. The first kappa shape index (κ1) is 27.1. The van der Waals surface area contributed by atoms with Gasteiger partial charge in [-0.15, -0.1) is 12.4 Å². The molecule has 0 saturated carbocycles. The molecule has 0 radical (unpaired) electrons. The van der Waals surface area contributed by atoms with Gasteiger partial charge in [-0.3, -0.25) is 0 Å². The number of methoxy groups -OCH3 is 1. The molecule has 1 atom stereocenters. The monoisotopic (exact) mass is 470 g/mol. The van der Waals surface area contributed by atoms with Gasteiger partial charge < -0.3 is 14.7 Å². The van der Waals surface area contributed by atoms with Crippen molar-refractivity contribution in [2.75, 3.05) is 26.7 Å². The van der Waals surface area contributed by atoms with Gasteiger partial charge in [-0.05, 0) is 55.8 Å². The van der Waals surface area contributed by atoms with Gasteiger partial charge in [-0.2, -0.15) is 0 Å². The molecular formula is C28H39ClN2O2. The summed E-state index contributed by atoms with van der Waals surface area (Å²) in [5.41, 5.74) is 3.75. The van der Waals surface area contributed by atoms with E-state index in [1.165, 1.54) is 38.5 Å². The van der Waals surface area contributed by atoms with Crippen LogP contribution < -0.4 is 4.74 Å². The smallest absolute Gasteiger partial charge is 0.119 e. The number of hydrogen-bond donors (Lipinski definition) is 1. The number of ether oxygens (including phenoxy) is 1. The van der Waals surface area contributed by atoms with Gasteiger partial charge in [0.15, 0.2) is 0 Å². The largest absolute Gasteiger partial charge is 0.497 e. The standard InChI is InChI=1S/C28H38N2O2.ClH/c1-4-6-11-17-30(18-12-7-5-2)21-28(31)25-20-27(22-13-9-8-10-14-22)29-26-16-15-23(32-3)19-24(25)26;/h8-10,13-16,19-20,28,31H,4-7,11-12,17-18,21H2,1-3H3;1H. The van der Waals surface area contributed by atoms with Crippen molar-refractivity contribution in [3.63, 3.8) is 0 Å². The summed E-state index contributed by atoms with van der Waals surface area (Å²) in [4.78, 5) is 7.32. The SMILES string of the molecule is CCCCCN(CCCCC)CC(O)c1cc(-c2ccccc2)nc2ccc(OC)cc12.Cl. The number of aromatic nitrogens is 1. The Bertz CT molecular complexity index is 955. The lowest BCUT2D eigenvalue weighted by Crippen LogP contribution is -2.31. The van der Waals surface area contributed by atoms with Gasteiger partial charge in [0.05, 0.1) is 24.4 Å². The van der Waals surface area contributed by atoms with Gasteiger partial charge >= 0.3 is 0 Å². The van der Waals surface area contributed by atoms with Gasteiger partial charge in [-0.25, -0.2) is 4.98 Å². The minimum absolute atomic E-state index is 0. The van der Waals surface area contributed by atoms with Crippen LogP contribution in [0.5, 0.6) is 5.75 Å². The van der Waals surface area contributed by atoms with Crippen molar-refractivity contribution in [1.29, 1.82) is 0 Å². The van der Waals surface area contributed by atoms with Crippen LogP contribution in [-0.2, 0) is 0 Å². The highest BCUT2D eigenvalue weighted by molar-refractivity contribution is 5.87. The van der Waals surface area contributed by atoms with Crippen LogP contribution in [0.2, 0.25) is 0 Å². The summed E-state index contributed by atoms with van der Waals surface area (Å²) in [6.45, 7) is 7.17. The van der Waals surface area contributed by atoms with E-state index in [0.717, 1.165) is 46.6 Å². The van der Waals surface area contributed by atoms with E-state index in [1.54, 1.807) is 7.11 Å². The Balaban J connectivity index is 0.00000385. The molecule has 0 spiro atoms. The molecule has 0 saturated heterocycles. The molecule has 0 aliphatic heterocycles. The van der Waals surface area contributed by atoms with Crippen LogP contribution in [0.1, 0.15) is 64.0 Å². The normalized spacial score (nSPS) is 12.0. The van der Waals surface area contributed by atoms with Gasteiger partial charge in [0, 0.05) is 17.5 Å². The van der Waals surface area contributed by atoms with Crippen LogP contribution in [0.15, 0.2) is 54.6 Å². The molecule has 3 rings (SSSR count). The van der Waals surface area contributed by atoms with E-state index in [2.05, 4.69) is 36.9 Å². The second-order valence-electron chi connectivity index (χ2n) is 8.58. The Morgan fingerprint density at radius 2 is 1.58 bits per heavy atom. The Morgan fingerprint density at radius 3 is 2.18 bits per heavy atom. The highest BCUT2D eigenvalue weighted by atomic mass is 35.5. The van der Waals surface area contributed by atoms with E-state index >= 15 is 0 Å². The van der Waals surface area contributed by atoms with Gasteiger partial charge in [-0.1, -0.05) is 69.9 Å². The maximum atomic E-state index is 11.4. The van der Waals surface area contributed by atoms with Gasteiger partial charge in [0.2, 0.25) is 0 Å². The molecule has 0 aliphatic carbocycles. The minimum Gasteiger partial charge on any atom is -0.497 e. The summed E-state index contributed by atoms with van der Waals surface area (Å²) in [6.07, 6.45) is 6.65. The van der Waals surface area contributed by atoms with E-state index in [9.17, 15) is 5.11 Å². The van der Waals surface area contributed by atoms with Gasteiger partial charge in [0.25, 0.3) is 0 Å². The topological polar surface area (TPSA) is 45.6 Å². The molecular weight excluding hydrogens is 432 g/mol. The van der Waals surface area contributed by atoms with Crippen LogP contribution in [0.3, 0.4) is 0 Å². The number of nitrogens with zero attached hydrogens (tertiary/aromatic N) is 2. The first-order chi connectivity index (χ1) is 15.7. The number of benzene rings is 2. The number of rotatable bonds is 13. The molecule has 0 bridgehead atoms. The molecule has 33 heavy (non-hydrogen) atoms. The Morgan fingerprint density at radius 1 is 0.909 bits per heavy atom. The van der Waals surface area contributed by atoms with Gasteiger partial charge in [0.1, 0.15) is 5.75 Å². The maximum Gasteiger partial charge on any atom is 0.119 e. The Labute approximate surface area is 205 Å². The van der Waals surface area contributed by atoms with Crippen LogP contribution >= 0.6 is 12.4 Å². The lowest BCUT2D eigenvalue weighted by Gasteiger charge is -2.26. The third-order valence-electron chi connectivity index (χ3n) is 6.06. The highest BCUT2D eigenvalue weighted by Gasteiger charge is 2.18. The minimum atomic E-state index is -0.585. The highest BCUT2D eigenvalue weighted by Crippen LogP contribution is 2.31. The number of aliphatic hydroxyl groups excluding tert-OH is 1. The van der Waals surface area contributed by atoms with E-state index in [4.69, 9.17) is 9.72 Å². The van der Waals surface area contributed by atoms with Crippen LogP contribution in [0, 0.1) is 0 Å². The maximum absolute atomic E-state index is 11.4. The van der Waals surface area contributed by atoms with Crippen molar-refractivity contribution >= 4 is 23.3 Å². The molecule has 3 aromatic rings. The summed E-state index contributed by atoms with van der Waals surface area (Å²) < 4.78 is 5.46. The Hall–Kier alpha value is -2.14. The molecule has 1 heterocycles. The molecule has 1 N–H and O–H groups in total. The van der Waals surface area contributed by atoms with Crippen molar-refractivity contribution < 1.29 is 9.84 Å². The molecule has 4 nitrogen and oxygen atoms in total. The van der Waals surface area contributed by atoms with E-state index in [-0.39, 0.29) is 12.4 Å². The predicted molar refractivity (Wildman–Crippen MR) is 141 cm³/mol. The molecule has 0 aliphatic rings. The second-order valence-corrected chi connectivity index (χ2v) is 8.58. The molecule has 0 fully saturated rings. The molecule has 1 aromatic heterocycles. The van der Waals surface area contributed by atoms with Crippen molar-refractivity contribution in [2.24, 2.45) is 0 Å². The number of aliphatic hydroxyl groups is 1. The van der Waals surface area contributed by atoms with E-state index < -0.39 is 6.10 Å². The summed E-state index contributed by atoms with van der Waals surface area (Å²) in [5.74, 6) is 0.781. The lowest BCUT2D eigenvalue weighted by molar-refractivity contribution is 0.111. The number of unbranched alkanes of at least 4 members (excludes halogenated alkanes) is 4. The number of hydrogen-bond acceptors (Lipinski definition) is 4. The summed E-state index contributed by atoms with van der Waals surface area (Å²) in [6, 6.07) is 18.1. The fourth-order valence-corrected chi connectivity index (χ4v) is 4.20. The average Bonchev–Trinajstić information content (AvgIpc) is 2.83. The number of halogens is 1. The average molecular weight is 471 g/mol. The van der Waals surface area contributed by atoms with Crippen molar-refractivity contribution in [2.45, 2.75) is 58.5 Å². The van der Waals surface area contributed by atoms with E-state index in [1.807, 2.05) is 36.4 Å². The third kappa shape index (κ3) is 7.70.